The topological polar surface area (TPSA) is 85.5 Å². The predicted octanol–water partition coefficient (Wildman–Crippen LogP) is 2.77. The number of hydrazone groups is 1. The van der Waals surface area contributed by atoms with E-state index in [-0.39, 0.29) is 17.9 Å². The second kappa shape index (κ2) is 7.28. The zero-order chi connectivity index (χ0) is 19.8. The average molecular weight is 386 g/mol. The second-order valence-corrected chi connectivity index (χ2v) is 8.11. The van der Waals surface area contributed by atoms with Gasteiger partial charge in [0.25, 0.3) is 0 Å². The molecule has 4 atom stereocenters. The van der Waals surface area contributed by atoms with Crippen molar-refractivity contribution < 1.29 is 4.79 Å². The first-order valence-corrected chi connectivity index (χ1v) is 10.1. The maximum Gasteiger partial charge on any atom is 0.246 e. The summed E-state index contributed by atoms with van der Waals surface area (Å²) in [5.74, 6) is 1.95. The van der Waals surface area contributed by atoms with Gasteiger partial charge in [0.1, 0.15) is 23.9 Å². The number of anilines is 1. The zero-order valence-corrected chi connectivity index (χ0v) is 16.1. The number of carbonyl (C=O) groups is 1. The number of hydrogen-bond acceptors (Lipinski definition) is 6. The second-order valence-electron chi connectivity index (χ2n) is 8.11. The van der Waals surface area contributed by atoms with Crippen molar-refractivity contribution in [2.45, 2.75) is 25.3 Å². The third-order valence-electron chi connectivity index (χ3n) is 6.43. The third-order valence-corrected chi connectivity index (χ3v) is 6.43. The lowest BCUT2D eigenvalue weighted by molar-refractivity contribution is -0.137. The van der Waals surface area contributed by atoms with E-state index in [1.54, 1.807) is 11.1 Å². The van der Waals surface area contributed by atoms with Crippen LogP contribution in [0.2, 0.25) is 0 Å². The summed E-state index contributed by atoms with van der Waals surface area (Å²) in [6.07, 6.45) is 5.86. The lowest BCUT2D eigenvalue weighted by Crippen LogP contribution is -2.33. The molecule has 3 aliphatic rings. The van der Waals surface area contributed by atoms with Crippen molar-refractivity contribution in [3.05, 3.63) is 54.0 Å². The fourth-order valence-electron chi connectivity index (χ4n) is 5.04. The molecule has 0 N–H and O–H groups in total. The van der Waals surface area contributed by atoms with E-state index < -0.39 is 0 Å². The number of aromatic nitrogens is 2. The fraction of sp³-hybridized carbons (Fsp3) is 0.409. The minimum Gasteiger partial charge on any atom is -0.356 e. The van der Waals surface area contributed by atoms with E-state index in [4.69, 9.17) is 5.26 Å². The molecule has 0 radical (unpaired) electrons. The van der Waals surface area contributed by atoms with Crippen LogP contribution in [0, 0.1) is 29.1 Å². The van der Waals surface area contributed by atoms with Gasteiger partial charge in [-0.3, -0.25) is 4.79 Å². The van der Waals surface area contributed by atoms with Gasteiger partial charge in [-0.25, -0.2) is 15.0 Å². The molecule has 0 bridgehead atoms. The summed E-state index contributed by atoms with van der Waals surface area (Å²) in [5.41, 5.74) is 1.53. The summed E-state index contributed by atoms with van der Waals surface area (Å²) in [6, 6.07) is 14.0. The Hall–Kier alpha value is -3.27. The lowest BCUT2D eigenvalue weighted by atomic mass is 10.0. The van der Waals surface area contributed by atoms with Crippen molar-refractivity contribution in [2.75, 3.05) is 18.0 Å². The van der Waals surface area contributed by atoms with Gasteiger partial charge in [-0.1, -0.05) is 30.3 Å². The van der Waals surface area contributed by atoms with Crippen LogP contribution in [0.5, 0.6) is 0 Å². The Balaban J connectivity index is 1.25. The van der Waals surface area contributed by atoms with E-state index in [0.717, 1.165) is 43.7 Å². The summed E-state index contributed by atoms with van der Waals surface area (Å²) < 4.78 is 0. The molecule has 2 aromatic rings. The minimum absolute atomic E-state index is 0.0195. The van der Waals surface area contributed by atoms with Gasteiger partial charge in [-0.15, -0.1) is 0 Å². The molecule has 29 heavy (non-hydrogen) atoms. The molecular weight excluding hydrogens is 364 g/mol. The normalized spacial score (nSPS) is 27.8. The van der Waals surface area contributed by atoms with Crippen molar-refractivity contribution >= 4 is 17.9 Å². The molecular formula is C22H22N6O. The molecule has 5 rings (SSSR count). The van der Waals surface area contributed by atoms with E-state index in [1.807, 2.05) is 24.4 Å². The monoisotopic (exact) mass is 386 g/mol. The van der Waals surface area contributed by atoms with E-state index in [2.05, 4.69) is 38.2 Å². The Kier molecular flexibility index (Phi) is 4.47. The van der Waals surface area contributed by atoms with Gasteiger partial charge >= 0.3 is 0 Å². The molecule has 1 aliphatic carbocycles. The SMILES string of the molecule is N#Cc1cc(N2C[C@H]3CC(C(=O)N4N=CCC4c4ccccc4)C[C@H]3C2)ncn1. The molecule has 2 aliphatic heterocycles. The first kappa shape index (κ1) is 17.8. The third kappa shape index (κ3) is 3.25. The van der Waals surface area contributed by atoms with Crippen LogP contribution in [-0.2, 0) is 4.79 Å². The van der Waals surface area contributed by atoms with Crippen LogP contribution < -0.4 is 4.90 Å². The number of nitrogens with zero attached hydrogens (tertiary/aromatic N) is 6. The van der Waals surface area contributed by atoms with Crippen LogP contribution in [0.3, 0.4) is 0 Å². The highest BCUT2D eigenvalue weighted by molar-refractivity contribution is 5.82. The highest BCUT2D eigenvalue weighted by atomic mass is 16.2. The maximum absolute atomic E-state index is 13.2. The Morgan fingerprint density at radius 2 is 1.86 bits per heavy atom. The van der Waals surface area contributed by atoms with E-state index >= 15 is 0 Å². The summed E-state index contributed by atoms with van der Waals surface area (Å²) in [5, 5.41) is 15.2. The summed E-state index contributed by atoms with van der Waals surface area (Å²) in [6.45, 7) is 1.75. The number of carbonyl (C=O) groups excluding carboxylic acids is 1. The number of amides is 1. The quantitative estimate of drug-likeness (QED) is 0.810. The standard InChI is InChI=1S/C22H22N6O/c23-11-19-10-21(25-14-24-19)27-12-17-8-16(9-18(17)13-27)22(29)28-20(6-7-26-28)15-4-2-1-3-5-15/h1-5,7,10,14,16-18,20H,6,8-9,12-13H2/t16?,17-,18+,20?. The van der Waals surface area contributed by atoms with Gasteiger partial charge in [0, 0.05) is 37.7 Å². The molecule has 146 valence electrons. The van der Waals surface area contributed by atoms with Crippen molar-refractivity contribution in [2.24, 2.45) is 22.9 Å². The van der Waals surface area contributed by atoms with Crippen LogP contribution in [0.4, 0.5) is 5.82 Å². The van der Waals surface area contributed by atoms with Crippen molar-refractivity contribution in [1.82, 2.24) is 15.0 Å². The molecule has 1 aromatic carbocycles. The van der Waals surface area contributed by atoms with Gasteiger partial charge in [0.05, 0.1) is 6.04 Å². The number of rotatable bonds is 3. The number of nitriles is 1. The Bertz CT molecular complexity index is 970. The summed E-state index contributed by atoms with van der Waals surface area (Å²) in [7, 11) is 0. The molecule has 1 saturated carbocycles. The number of fused-ring (bicyclic) bond motifs is 1. The van der Waals surface area contributed by atoms with Crippen LogP contribution in [0.25, 0.3) is 0 Å². The van der Waals surface area contributed by atoms with Crippen LogP contribution in [0.1, 0.15) is 36.6 Å². The Morgan fingerprint density at radius 3 is 2.59 bits per heavy atom. The van der Waals surface area contributed by atoms with Crippen LogP contribution in [-0.4, -0.2) is 40.2 Å². The van der Waals surface area contributed by atoms with E-state index in [1.165, 1.54) is 6.33 Å². The van der Waals surface area contributed by atoms with Crippen molar-refractivity contribution in [1.29, 1.82) is 5.26 Å². The highest BCUT2D eigenvalue weighted by Gasteiger charge is 2.46. The number of benzene rings is 1. The minimum atomic E-state index is 0.0195. The smallest absolute Gasteiger partial charge is 0.246 e. The molecule has 1 amide bonds. The zero-order valence-electron chi connectivity index (χ0n) is 16.1. The average Bonchev–Trinajstić information content (AvgIpc) is 3.48. The molecule has 7 nitrogen and oxygen atoms in total. The lowest BCUT2D eigenvalue weighted by Gasteiger charge is -2.26. The first-order valence-electron chi connectivity index (χ1n) is 10.1. The fourth-order valence-corrected chi connectivity index (χ4v) is 5.04. The van der Waals surface area contributed by atoms with E-state index in [0.29, 0.717) is 17.5 Å². The van der Waals surface area contributed by atoms with Crippen molar-refractivity contribution in [3.63, 3.8) is 0 Å². The van der Waals surface area contributed by atoms with Gasteiger partial charge in [-0.05, 0) is 30.2 Å². The molecule has 1 saturated heterocycles. The first-order chi connectivity index (χ1) is 14.2. The van der Waals surface area contributed by atoms with Gasteiger partial charge in [0.15, 0.2) is 0 Å². The molecule has 0 spiro atoms. The summed E-state index contributed by atoms with van der Waals surface area (Å²) in [4.78, 5) is 23.7. The maximum atomic E-state index is 13.2. The van der Waals surface area contributed by atoms with Crippen LogP contribution >= 0.6 is 0 Å². The van der Waals surface area contributed by atoms with Crippen LogP contribution in [0.15, 0.2) is 47.8 Å². The molecule has 2 fully saturated rings. The predicted molar refractivity (Wildman–Crippen MR) is 108 cm³/mol. The Morgan fingerprint density at radius 1 is 1.10 bits per heavy atom. The molecule has 2 unspecified atom stereocenters. The number of hydrogen-bond donors (Lipinski definition) is 0. The Labute approximate surface area is 169 Å². The summed E-state index contributed by atoms with van der Waals surface area (Å²) >= 11 is 0. The van der Waals surface area contributed by atoms with Gasteiger partial charge in [-0.2, -0.15) is 10.4 Å². The largest absolute Gasteiger partial charge is 0.356 e. The van der Waals surface area contributed by atoms with Crippen molar-refractivity contribution in [3.8, 4) is 6.07 Å². The molecule has 7 heteroatoms. The van der Waals surface area contributed by atoms with E-state index in [9.17, 15) is 4.79 Å². The molecule has 3 heterocycles. The van der Waals surface area contributed by atoms with Gasteiger partial charge < -0.3 is 4.90 Å². The van der Waals surface area contributed by atoms with Gasteiger partial charge in [0.2, 0.25) is 5.91 Å². The molecule has 1 aromatic heterocycles. The highest BCUT2D eigenvalue weighted by Crippen LogP contribution is 2.44.